The van der Waals surface area contributed by atoms with Gasteiger partial charge in [0.05, 0.1) is 18.5 Å². The monoisotopic (exact) mass is 386 g/mol. The lowest BCUT2D eigenvalue weighted by Gasteiger charge is -2.07. The first kappa shape index (κ1) is 17.9. The van der Waals surface area contributed by atoms with Crippen LogP contribution in [0, 0.1) is 0 Å². The Hall–Kier alpha value is -3.44. The summed E-state index contributed by atoms with van der Waals surface area (Å²) in [6.45, 7) is 0. The molecular formula is C23H18N2O2S. The number of hydrogen-bond donors (Lipinski definition) is 1. The van der Waals surface area contributed by atoms with E-state index in [-0.39, 0.29) is 0 Å². The number of benzene rings is 2. The van der Waals surface area contributed by atoms with Crippen LogP contribution in [0.5, 0.6) is 0 Å². The normalized spacial score (nSPS) is 11.2. The number of carbonyl (C=O) groups excluding carboxylic acids is 1. The molecule has 0 aliphatic heterocycles. The Morgan fingerprint density at radius 1 is 1.04 bits per heavy atom. The van der Waals surface area contributed by atoms with E-state index in [4.69, 9.17) is 15.5 Å². The lowest BCUT2D eigenvalue weighted by molar-refractivity contribution is 0.0607. The molecule has 4 nitrogen and oxygen atoms in total. The third-order valence-corrected chi connectivity index (χ3v) is 5.50. The highest BCUT2D eigenvalue weighted by molar-refractivity contribution is 7.21. The maximum Gasteiger partial charge on any atom is 0.350 e. The van der Waals surface area contributed by atoms with Crippen LogP contribution in [0.3, 0.4) is 0 Å². The van der Waals surface area contributed by atoms with Gasteiger partial charge in [0.25, 0.3) is 0 Å². The van der Waals surface area contributed by atoms with Gasteiger partial charge in [-0.3, -0.25) is 0 Å². The maximum atomic E-state index is 12.1. The molecule has 0 saturated heterocycles. The SMILES string of the molecule is COC(=O)c1sc2nc(/C=C/c3ccccc3)cc(-c3ccccc3)c2c1N. The molecule has 0 amide bonds. The van der Waals surface area contributed by atoms with Crippen molar-refractivity contribution in [2.75, 3.05) is 12.8 Å². The number of carbonyl (C=O) groups is 1. The summed E-state index contributed by atoms with van der Waals surface area (Å²) >= 11 is 1.26. The number of hydrogen-bond acceptors (Lipinski definition) is 5. The summed E-state index contributed by atoms with van der Waals surface area (Å²) in [5.41, 5.74) is 10.6. The fourth-order valence-corrected chi connectivity index (χ4v) is 4.11. The van der Waals surface area contributed by atoms with Crippen LogP contribution in [0.25, 0.3) is 33.5 Å². The van der Waals surface area contributed by atoms with E-state index in [1.54, 1.807) is 0 Å². The number of anilines is 1. The van der Waals surface area contributed by atoms with Crippen LogP contribution in [-0.2, 0) is 4.74 Å². The molecule has 0 fully saturated rings. The predicted octanol–water partition coefficient (Wildman–Crippen LogP) is 5.50. The highest BCUT2D eigenvalue weighted by Crippen LogP contribution is 2.40. The van der Waals surface area contributed by atoms with Crippen molar-refractivity contribution in [1.29, 1.82) is 0 Å². The average molecular weight is 386 g/mol. The average Bonchev–Trinajstić information content (AvgIpc) is 3.09. The number of pyridine rings is 1. The first-order valence-electron chi connectivity index (χ1n) is 8.77. The van der Waals surface area contributed by atoms with Crippen LogP contribution < -0.4 is 5.73 Å². The molecule has 0 radical (unpaired) electrons. The van der Waals surface area contributed by atoms with Gasteiger partial charge in [0.2, 0.25) is 0 Å². The van der Waals surface area contributed by atoms with E-state index >= 15 is 0 Å². The molecule has 0 aliphatic rings. The van der Waals surface area contributed by atoms with Gasteiger partial charge in [-0.25, -0.2) is 9.78 Å². The first-order valence-corrected chi connectivity index (χ1v) is 9.59. The molecule has 2 aromatic carbocycles. The fraction of sp³-hybridized carbons (Fsp3) is 0.0435. The van der Waals surface area contributed by atoms with Gasteiger partial charge in [0.15, 0.2) is 0 Å². The molecule has 28 heavy (non-hydrogen) atoms. The van der Waals surface area contributed by atoms with Crippen LogP contribution in [0.1, 0.15) is 20.9 Å². The van der Waals surface area contributed by atoms with Crippen molar-refractivity contribution in [2.45, 2.75) is 0 Å². The van der Waals surface area contributed by atoms with E-state index in [2.05, 4.69) is 0 Å². The molecule has 2 N–H and O–H groups in total. The highest BCUT2D eigenvalue weighted by Gasteiger charge is 2.21. The van der Waals surface area contributed by atoms with Crippen LogP contribution in [0.4, 0.5) is 5.69 Å². The minimum atomic E-state index is -0.444. The number of methoxy groups -OCH3 is 1. The summed E-state index contributed by atoms with van der Waals surface area (Å²) < 4.78 is 4.88. The molecule has 0 spiro atoms. The van der Waals surface area contributed by atoms with Gasteiger partial charge in [0.1, 0.15) is 9.71 Å². The van der Waals surface area contributed by atoms with Crippen LogP contribution >= 0.6 is 11.3 Å². The Morgan fingerprint density at radius 2 is 1.71 bits per heavy atom. The lowest BCUT2D eigenvalue weighted by Crippen LogP contribution is -2.01. The van der Waals surface area contributed by atoms with Gasteiger partial charge in [0, 0.05) is 5.39 Å². The van der Waals surface area contributed by atoms with E-state index in [1.165, 1.54) is 18.4 Å². The van der Waals surface area contributed by atoms with Crippen molar-refractivity contribution in [3.05, 3.63) is 82.9 Å². The molecular weight excluding hydrogens is 368 g/mol. The van der Waals surface area contributed by atoms with Crippen molar-refractivity contribution in [1.82, 2.24) is 4.98 Å². The molecule has 2 heterocycles. The van der Waals surface area contributed by atoms with Crippen molar-refractivity contribution < 1.29 is 9.53 Å². The number of nitrogens with two attached hydrogens (primary N) is 1. The second kappa shape index (κ2) is 7.66. The second-order valence-electron chi connectivity index (χ2n) is 6.22. The molecule has 0 aliphatic carbocycles. The van der Waals surface area contributed by atoms with E-state index in [9.17, 15) is 4.79 Å². The van der Waals surface area contributed by atoms with Gasteiger partial charge in [-0.1, -0.05) is 66.7 Å². The molecule has 5 heteroatoms. The van der Waals surface area contributed by atoms with Crippen LogP contribution in [0.15, 0.2) is 66.7 Å². The smallest absolute Gasteiger partial charge is 0.350 e. The van der Waals surface area contributed by atoms with Crippen molar-refractivity contribution in [3.8, 4) is 11.1 Å². The zero-order valence-electron chi connectivity index (χ0n) is 15.3. The highest BCUT2D eigenvalue weighted by atomic mass is 32.1. The third-order valence-electron chi connectivity index (χ3n) is 4.42. The molecule has 4 rings (SSSR count). The van der Waals surface area contributed by atoms with Crippen LogP contribution in [-0.4, -0.2) is 18.1 Å². The second-order valence-corrected chi connectivity index (χ2v) is 7.22. The Labute approximate surface area is 166 Å². The number of ether oxygens (including phenoxy) is 1. The van der Waals surface area contributed by atoms with Crippen molar-refractivity contribution in [2.24, 2.45) is 0 Å². The largest absolute Gasteiger partial charge is 0.465 e. The zero-order chi connectivity index (χ0) is 19.5. The van der Waals surface area contributed by atoms with Crippen LogP contribution in [0.2, 0.25) is 0 Å². The van der Waals surface area contributed by atoms with Gasteiger partial charge >= 0.3 is 5.97 Å². The predicted molar refractivity (Wildman–Crippen MR) is 116 cm³/mol. The summed E-state index contributed by atoms with van der Waals surface area (Å²) in [6, 6.07) is 22.0. The van der Waals surface area contributed by atoms with Crippen molar-refractivity contribution in [3.63, 3.8) is 0 Å². The summed E-state index contributed by atoms with van der Waals surface area (Å²) in [5.74, 6) is -0.444. The third kappa shape index (κ3) is 3.40. The summed E-state index contributed by atoms with van der Waals surface area (Å²) in [7, 11) is 1.35. The van der Waals surface area contributed by atoms with E-state index in [0.29, 0.717) is 15.4 Å². The van der Waals surface area contributed by atoms with Crippen molar-refractivity contribution >= 4 is 45.4 Å². The molecule has 2 aromatic heterocycles. The Balaban J connectivity index is 1.91. The fourth-order valence-electron chi connectivity index (χ4n) is 3.06. The zero-order valence-corrected chi connectivity index (χ0v) is 16.1. The lowest BCUT2D eigenvalue weighted by atomic mass is 10.0. The molecule has 0 bridgehead atoms. The number of esters is 1. The minimum absolute atomic E-state index is 0.381. The summed E-state index contributed by atoms with van der Waals surface area (Å²) in [4.78, 5) is 17.9. The Bertz CT molecular complexity index is 1170. The molecule has 0 atom stereocenters. The standard InChI is InChI=1S/C23H18N2O2S/c1-27-23(26)21-20(24)19-18(16-10-6-3-7-11-16)14-17(25-22(19)28-21)13-12-15-8-4-2-5-9-15/h2-14H,24H2,1H3/b13-12+. The van der Waals surface area contributed by atoms with Gasteiger partial charge < -0.3 is 10.5 Å². The Kier molecular flexibility index (Phi) is 4.91. The quantitative estimate of drug-likeness (QED) is 0.470. The Morgan fingerprint density at radius 3 is 2.39 bits per heavy atom. The van der Waals surface area contributed by atoms with Gasteiger partial charge in [-0.05, 0) is 28.8 Å². The van der Waals surface area contributed by atoms with Gasteiger partial charge in [-0.15, -0.1) is 11.3 Å². The summed E-state index contributed by atoms with van der Waals surface area (Å²) in [5, 5.41) is 0.786. The molecule has 0 saturated carbocycles. The molecule has 0 unspecified atom stereocenters. The van der Waals surface area contributed by atoms with Gasteiger partial charge in [-0.2, -0.15) is 0 Å². The summed E-state index contributed by atoms with van der Waals surface area (Å²) in [6.07, 6.45) is 3.98. The minimum Gasteiger partial charge on any atom is -0.465 e. The van der Waals surface area contributed by atoms with E-state index in [0.717, 1.165) is 27.8 Å². The number of nitrogens with zero attached hydrogens (tertiary/aromatic N) is 1. The topological polar surface area (TPSA) is 65.2 Å². The maximum absolute atomic E-state index is 12.1. The molecule has 138 valence electrons. The number of fused-ring (bicyclic) bond motifs is 1. The number of thiophene rings is 1. The van der Waals surface area contributed by atoms with E-state index in [1.807, 2.05) is 78.9 Å². The first-order chi connectivity index (χ1) is 13.7. The number of rotatable bonds is 4. The number of nitrogen functional groups attached to an aromatic ring is 1. The van der Waals surface area contributed by atoms with E-state index < -0.39 is 5.97 Å². The molecule has 4 aromatic rings. The number of aromatic nitrogens is 1.